The molecule has 0 spiro atoms. The number of fused-ring (bicyclic) bond motifs is 1. The van der Waals surface area contributed by atoms with Gasteiger partial charge in [0, 0.05) is 27.6 Å². The fourth-order valence-electron chi connectivity index (χ4n) is 2.23. The summed E-state index contributed by atoms with van der Waals surface area (Å²) in [5.41, 5.74) is 3.45. The van der Waals surface area contributed by atoms with Crippen molar-refractivity contribution in [1.82, 2.24) is 15.3 Å². The lowest BCUT2D eigenvalue weighted by atomic mass is 10.1. The molecule has 2 N–H and O–H groups in total. The average molecular weight is 257 g/mol. The molecule has 0 saturated carbocycles. The third-order valence-electron chi connectivity index (χ3n) is 2.99. The highest BCUT2D eigenvalue weighted by atomic mass is 32.1. The lowest BCUT2D eigenvalue weighted by Gasteiger charge is -2.00. The summed E-state index contributed by atoms with van der Waals surface area (Å²) < 4.78 is 1.31. The van der Waals surface area contributed by atoms with Crippen LogP contribution in [0.5, 0.6) is 0 Å². The van der Waals surface area contributed by atoms with Gasteiger partial charge in [-0.25, -0.2) is 4.98 Å². The highest BCUT2D eigenvalue weighted by Gasteiger charge is 2.13. The minimum absolute atomic E-state index is 0.806. The molecule has 0 fully saturated rings. The normalized spacial score (nSPS) is 11.2. The Morgan fingerprint density at radius 2 is 2.17 bits per heavy atom. The first-order valence-corrected chi connectivity index (χ1v) is 6.84. The molecule has 0 amide bonds. The van der Waals surface area contributed by atoms with Gasteiger partial charge in [-0.05, 0) is 20.0 Å². The van der Waals surface area contributed by atoms with Gasteiger partial charge in [-0.15, -0.1) is 11.3 Å². The fourth-order valence-corrected chi connectivity index (χ4v) is 3.17. The highest BCUT2D eigenvalue weighted by Crippen LogP contribution is 2.34. The number of aromatic nitrogens is 2. The number of aromatic amines is 1. The van der Waals surface area contributed by atoms with Crippen LogP contribution >= 0.6 is 11.3 Å². The van der Waals surface area contributed by atoms with Crippen LogP contribution in [0, 0.1) is 6.92 Å². The van der Waals surface area contributed by atoms with E-state index in [4.69, 9.17) is 0 Å². The van der Waals surface area contributed by atoms with E-state index in [2.05, 4.69) is 44.9 Å². The summed E-state index contributed by atoms with van der Waals surface area (Å²) in [4.78, 5) is 7.96. The van der Waals surface area contributed by atoms with Crippen LogP contribution in [0.1, 0.15) is 11.5 Å². The number of nitrogens with one attached hydrogen (secondary N) is 2. The lowest BCUT2D eigenvalue weighted by Crippen LogP contribution is -2.06. The molecule has 0 aliphatic heterocycles. The summed E-state index contributed by atoms with van der Waals surface area (Å²) in [6.45, 7) is 2.80. The SMILES string of the molecule is CNCc1[nH]c(C)nc1-c1csc2ccccc12. The van der Waals surface area contributed by atoms with Crippen molar-refractivity contribution in [1.29, 1.82) is 0 Å². The van der Waals surface area contributed by atoms with Crippen LogP contribution in [0.15, 0.2) is 29.6 Å². The van der Waals surface area contributed by atoms with Gasteiger partial charge in [0.05, 0.1) is 11.4 Å². The van der Waals surface area contributed by atoms with Crippen molar-refractivity contribution in [3.8, 4) is 11.3 Å². The summed E-state index contributed by atoms with van der Waals surface area (Å²) in [7, 11) is 1.95. The standard InChI is InChI=1S/C14H15N3S/c1-9-16-12(7-15-2)14(17-9)11-8-18-13-6-4-3-5-10(11)13/h3-6,8,15H,7H2,1-2H3,(H,16,17). The van der Waals surface area contributed by atoms with Crippen molar-refractivity contribution in [2.45, 2.75) is 13.5 Å². The first-order valence-electron chi connectivity index (χ1n) is 5.96. The van der Waals surface area contributed by atoms with Crippen molar-refractivity contribution in [3.05, 3.63) is 41.2 Å². The monoisotopic (exact) mass is 257 g/mol. The molecule has 0 aliphatic carbocycles. The van der Waals surface area contributed by atoms with Crippen LogP contribution in [0.25, 0.3) is 21.3 Å². The number of rotatable bonds is 3. The molecule has 0 bridgehead atoms. The first-order chi connectivity index (χ1) is 8.79. The molecule has 0 radical (unpaired) electrons. The minimum atomic E-state index is 0.806. The maximum absolute atomic E-state index is 4.63. The quantitative estimate of drug-likeness (QED) is 0.755. The molecule has 3 nitrogen and oxygen atoms in total. The number of thiophene rings is 1. The number of benzene rings is 1. The maximum atomic E-state index is 4.63. The second-order valence-corrected chi connectivity index (χ2v) is 5.24. The van der Waals surface area contributed by atoms with Gasteiger partial charge in [-0.3, -0.25) is 0 Å². The van der Waals surface area contributed by atoms with Gasteiger partial charge in [0.25, 0.3) is 0 Å². The Hall–Kier alpha value is -1.65. The fraction of sp³-hybridized carbons (Fsp3) is 0.214. The van der Waals surface area contributed by atoms with Gasteiger partial charge in [-0.1, -0.05) is 18.2 Å². The Morgan fingerprint density at radius 1 is 1.33 bits per heavy atom. The van der Waals surface area contributed by atoms with Gasteiger partial charge in [0.1, 0.15) is 5.82 Å². The van der Waals surface area contributed by atoms with E-state index in [0.717, 1.165) is 23.8 Å². The summed E-state index contributed by atoms with van der Waals surface area (Å²) in [6, 6.07) is 8.47. The summed E-state index contributed by atoms with van der Waals surface area (Å²) in [6.07, 6.45) is 0. The predicted molar refractivity (Wildman–Crippen MR) is 76.9 cm³/mol. The van der Waals surface area contributed by atoms with Crippen LogP contribution in [0.3, 0.4) is 0 Å². The molecule has 92 valence electrons. The molecule has 2 heterocycles. The summed E-state index contributed by atoms with van der Waals surface area (Å²) >= 11 is 1.77. The first kappa shape index (κ1) is 11.4. The molecule has 3 aromatic rings. The lowest BCUT2D eigenvalue weighted by molar-refractivity contribution is 0.796. The molecule has 0 unspecified atom stereocenters. The average Bonchev–Trinajstić information content (AvgIpc) is 2.93. The molecule has 0 aliphatic rings. The molecule has 2 aromatic heterocycles. The molecule has 0 saturated heterocycles. The van der Waals surface area contributed by atoms with E-state index in [1.165, 1.54) is 15.6 Å². The van der Waals surface area contributed by atoms with Crippen molar-refractivity contribution >= 4 is 21.4 Å². The minimum Gasteiger partial charge on any atom is -0.345 e. The van der Waals surface area contributed by atoms with E-state index < -0.39 is 0 Å². The number of aryl methyl sites for hydroxylation is 1. The molecule has 4 heteroatoms. The van der Waals surface area contributed by atoms with E-state index in [-0.39, 0.29) is 0 Å². The topological polar surface area (TPSA) is 40.7 Å². The van der Waals surface area contributed by atoms with Crippen molar-refractivity contribution < 1.29 is 0 Å². The van der Waals surface area contributed by atoms with Crippen LogP contribution in [-0.2, 0) is 6.54 Å². The van der Waals surface area contributed by atoms with Crippen LogP contribution in [0.2, 0.25) is 0 Å². The van der Waals surface area contributed by atoms with Crippen LogP contribution in [0.4, 0.5) is 0 Å². The van der Waals surface area contributed by atoms with Gasteiger partial charge in [0.2, 0.25) is 0 Å². The number of nitrogens with zero attached hydrogens (tertiary/aromatic N) is 1. The Labute approximate surface area is 110 Å². The summed E-state index contributed by atoms with van der Waals surface area (Å²) in [5, 5.41) is 6.66. The zero-order chi connectivity index (χ0) is 12.5. The van der Waals surface area contributed by atoms with E-state index >= 15 is 0 Å². The number of imidazole rings is 1. The van der Waals surface area contributed by atoms with Crippen molar-refractivity contribution in [3.63, 3.8) is 0 Å². The molecular weight excluding hydrogens is 242 g/mol. The van der Waals surface area contributed by atoms with Gasteiger partial charge in [0.15, 0.2) is 0 Å². The highest BCUT2D eigenvalue weighted by molar-refractivity contribution is 7.17. The Bertz CT molecular complexity index is 681. The predicted octanol–water partition coefficient (Wildman–Crippen LogP) is 3.32. The van der Waals surface area contributed by atoms with Crippen molar-refractivity contribution in [2.75, 3.05) is 7.05 Å². The van der Waals surface area contributed by atoms with Crippen LogP contribution < -0.4 is 5.32 Å². The Balaban J connectivity index is 2.19. The molecular formula is C14H15N3S. The number of hydrogen-bond donors (Lipinski definition) is 2. The number of H-pyrrole nitrogens is 1. The second-order valence-electron chi connectivity index (χ2n) is 4.33. The largest absolute Gasteiger partial charge is 0.345 e. The van der Waals surface area contributed by atoms with Gasteiger partial charge < -0.3 is 10.3 Å². The van der Waals surface area contributed by atoms with E-state index in [1.54, 1.807) is 11.3 Å². The van der Waals surface area contributed by atoms with E-state index in [9.17, 15) is 0 Å². The Morgan fingerprint density at radius 3 is 3.00 bits per heavy atom. The second kappa shape index (κ2) is 4.55. The maximum Gasteiger partial charge on any atom is 0.103 e. The van der Waals surface area contributed by atoms with E-state index in [1.807, 2.05) is 14.0 Å². The molecule has 0 atom stereocenters. The zero-order valence-corrected chi connectivity index (χ0v) is 11.3. The van der Waals surface area contributed by atoms with Gasteiger partial charge >= 0.3 is 0 Å². The molecule has 18 heavy (non-hydrogen) atoms. The molecule has 3 rings (SSSR count). The summed E-state index contributed by atoms with van der Waals surface area (Å²) in [5.74, 6) is 0.963. The smallest absolute Gasteiger partial charge is 0.103 e. The third-order valence-corrected chi connectivity index (χ3v) is 3.95. The van der Waals surface area contributed by atoms with Crippen LogP contribution in [-0.4, -0.2) is 17.0 Å². The van der Waals surface area contributed by atoms with Crippen molar-refractivity contribution in [2.24, 2.45) is 0 Å². The zero-order valence-electron chi connectivity index (χ0n) is 10.4. The van der Waals surface area contributed by atoms with Gasteiger partial charge in [-0.2, -0.15) is 0 Å². The Kier molecular flexibility index (Phi) is 2.89. The molecule has 1 aromatic carbocycles. The number of hydrogen-bond acceptors (Lipinski definition) is 3. The van der Waals surface area contributed by atoms with E-state index in [0.29, 0.717) is 0 Å². The third kappa shape index (κ3) is 1.83.